The lowest BCUT2D eigenvalue weighted by molar-refractivity contribution is 0.584. The zero-order valence-electron chi connectivity index (χ0n) is 15.0. The Hall–Kier alpha value is -3.04. The number of sulfonamides is 1. The highest BCUT2D eigenvalue weighted by molar-refractivity contribution is 7.89. The molecule has 2 aromatic carbocycles. The maximum atomic E-state index is 12.6. The Bertz CT molecular complexity index is 1230. The highest BCUT2D eigenvalue weighted by atomic mass is 32.2. The lowest BCUT2D eigenvalue weighted by Gasteiger charge is -2.08. The van der Waals surface area contributed by atoms with Crippen molar-refractivity contribution in [1.82, 2.24) is 19.8 Å². The molecule has 0 saturated heterocycles. The second-order valence-corrected chi connectivity index (χ2v) is 8.79. The first-order chi connectivity index (χ1) is 13.5. The van der Waals surface area contributed by atoms with Gasteiger partial charge in [0, 0.05) is 0 Å². The van der Waals surface area contributed by atoms with Crippen molar-refractivity contribution in [3.8, 4) is 0 Å². The van der Waals surface area contributed by atoms with Gasteiger partial charge in [-0.3, -0.25) is 0 Å². The summed E-state index contributed by atoms with van der Waals surface area (Å²) in [6.45, 7) is 2.19. The SMILES string of the molecule is Cc1ccc(S(=O)(=O)N/N=C(\Cn2nnc3ccccc32)c2cccs2)cc1. The van der Waals surface area contributed by atoms with Crippen LogP contribution in [0.3, 0.4) is 0 Å². The quantitative estimate of drug-likeness (QED) is 0.390. The highest BCUT2D eigenvalue weighted by Gasteiger charge is 2.15. The highest BCUT2D eigenvalue weighted by Crippen LogP contribution is 2.16. The minimum absolute atomic E-state index is 0.165. The van der Waals surface area contributed by atoms with Crippen LogP contribution in [-0.2, 0) is 16.6 Å². The summed E-state index contributed by atoms with van der Waals surface area (Å²) in [5.74, 6) is 0. The number of hydrogen-bond acceptors (Lipinski definition) is 6. The molecular formula is C19H17N5O2S2. The van der Waals surface area contributed by atoms with Crippen molar-refractivity contribution in [1.29, 1.82) is 0 Å². The van der Waals surface area contributed by atoms with Crippen LogP contribution in [0.2, 0.25) is 0 Å². The minimum atomic E-state index is -3.76. The van der Waals surface area contributed by atoms with Crippen molar-refractivity contribution in [2.75, 3.05) is 0 Å². The fraction of sp³-hybridized carbons (Fsp3) is 0.105. The number of benzene rings is 2. The lowest BCUT2D eigenvalue weighted by atomic mass is 10.2. The number of fused-ring (bicyclic) bond motifs is 1. The number of rotatable bonds is 6. The second kappa shape index (κ2) is 7.53. The van der Waals surface area contributed by atoms with Gasteiger partial charge in [-0.15, -0.1) is 16.4 Å². The van der Waals surface area contributed by atoms with Gasteiger partial charge in [-0.05, 0) is 42.6 Å². The van der Waals surface area contributed by atoms with E-state index in [0.717, 1.165) is 21.5 Å². The summed E-state index contributed by atoms with van der Waals surface area (Å²) in [5, 5.41) is 14.4. The molecule has 4 rings (SSSR count). The topological polar surface area (TPSA) is 89.2 Å². The molecule has 2 aromatic heterocycles. The fourth-order valence-corrected chi connectivity index (χ4v) is 4.21. The Morgan fingerprint density at radius 1 is 1.11 bits per heavy atom. The van der Waals surface area contributed by atoms with Crippen LogP contribution >= 0.6 is 11.3 Å². The first-order valence-electron chi connectivity index (χ1n) is 8.50. The van der Waals surface area contributed by atoms with Crippen molar-refractivity contribution in [2.24, 2.45) is 5.10 Å². The number of hydrazone groups is 1. The molecule has 4 aromatic rings. The lowest BCUT2D eigenvalue weighted by Crippen LogP contribution is -2.22. The number of nitrogens with zero attached hydrogens (tertiary/aromatic N) is 4. The van der Waals surface area contributed by atoms with Crippen LogP contribution in [-0.4, -0.2) is 29.1 Å². The van der Waals surface area contributed by atoms with Crippen LogP contribution in [0.1, 0.15) is 10.4 Å². The standard InChI is InChI=1S/C19H17N5O2S2/c1-14-8-10-15(11-9-14)28(25,26)23-21-17(19-7-4-12-27-19)13-24-18-6-3-2-5-16(18)20-22-24/h2-12,23H,13H2,1H3/b21-17+. The number of thiophene rings is 1. The van der Waals surface area contributed by atoms with Gasteiger partial charge in [0.2, 0.25) is 0 Å². The third-order valence-corrected chi connectivity index (χ3v) is 6.30. The number of aromatic nitrogens is 3. The normalized spacial score (nSPS) is 12.4. The molecule has 0 saturated carbocycles. The van der Waals surface area contributed by atoms with Crippen molar-refractivity contribution >= 4 is 38.1 Å². The van der Waals surface area contributed by atoms with Crippen molar-refractivity contribution < 1.29 is 8.42 Å². The first-order valence-corrected chi connectivity index (χ1v) is 10.9. The number of hydrogen-bond donors (Lipinski definition) is 1. The summed E-state index contributed by atoms with van der Waals surface area (Å²) in [5.41, 5.74) is 3.17. The van der Waals surface area contributed by atoms with Crippen LogP contribution in [0, 0.1) is 6.92 Å². The van der Waals surface area contributed by atoms with Crippen LogP contribution in [0.4, 0.5) is 0 Å². The molecule has 0 spiro atoms. The zero-order valence-corrected chi connectivity index (χ0v) is 16.6. The second-order valence-electron chi connectivity index (χ2n) is 6.18. The average Bonchev–Trinajstić information content (AvgIpc) is 3.36. The molecule has 0 aliphatic carbocycles. The monoisotopic (exact) mass is 411 g/mol. The molecule has 0 fully saturated rings. The fourth-order valence-electron chi connectivity index (χ4n) is 2.67. The first kappa shape index (κ1) is 18.3. The summed E-state index contributed by atoms with van der Waals surface area (Å²) >= 11 is 1.48. The van der Waals surface area contributed by atoms with Crippen LogP contribution < -0.4 is 4.83 Å². The number of aryl methyl sites for hydroxylation is 1. The summed E-state index contributed by atoms with van der Waals surface area (Å²) in [6.07, 6.45) is 0. The maximum Gasteiger partial charge on any atom is 0.276 e. The van der Waals surface area contributed by atoms with Gasteiger partial charge in [0.25, 0.3) is 10.0 Å². The van der Waals surface area contributed by atoms with E-state index in [1.807, 2.05) is 48.7 Å². The van der Waals surface area contributed by atoms with Gasteiger partial charge < -0.3 is 0 Å². The average molecular weight is 412 g/mol. The van der Waals surface area contributed by atoms with Gasteiger partial charge in [0.05, 0.1) is 21.8 Å². The molecule has 2 heterocycles. The van der Waals surface area contributed by atoms with E-state index in [1.54, 1.807) is 28.9 Å². The molecule has 0 aliphatic rings. The van der Waals surface area contributed by atoms with Crippen LogP contribution in [0.5, 0.6) is 0 Å². The van der Waals surface area contributed by atoms with E-state index in [1.165, 1.54) is 11.3 Å². The molecule has 0 unspecified atom stereocenters. The number of para-hydroxylation sites is 1. The van der Waals surface area contributed by atoms with Gasteiger partial charge in [-0.25, -0.2) is 4.68 Å². The predicted molar refractivity (Wildman–Crippen MR) is 110 cm³/mol. The Morgan fingerprint density at radius 2 is 1.89 bits per heavy atom. The van der Waals surface area contributed by atoms with E-state index in [2.05, 4.69) is 20.2 Å². The molecule has 1 N–H and O–H groups in total. The largest absolute Gasteiger partial charge is 0.276 e. The predicted octanol–water partition coefficient (Wildman–Crippen LogP) is 3.18. The van der Waals surface area contributed by atoms with Gasteiger partial charge >= 0.3 is 0 Å². The molecule has 0 atom stereocenters. The molecule has 0 aliphatic heterocycles. The van der Waals surface area contributed by atoms with Gasteiger partial charge in [-0.1, -0.05) is 41.1 Å². The maximum absolute atomic E-state index is 12.6. The summed E-state index contributed by atoms with van der Waals surface area (Å²) in [7, 11) is -3.76. The van der Waals surface area contributed by atoms with E-state index < -0.39 is 10.0 Å². The van der Waals surface area contributed by atoms with Gasteiger partial charge in [-0.2, -0.15) is 18.4 Å². The molecule has 142 valence electrons. The van der Waals surface area contributed by atoms with E-state index in [9.17, 15) is 8.42 Å². The summed E-state index contributed by atoms with van der Waals surface area (Å²) in [6, 6.07) is 18.0. The molecule has 0 amide bonds. The Labute approximate surface area is 166 Å². The van der Waals surface area contributed by atoms with E-state index in [0.29, 0.717) is 5.71 Å². The minimum Gasteiger partial charge on any atom is -0.239 e. The van der Waals surface area contributed by atoms with E-state index >= 15 is 0 Å². The molecular weight excluding hydrogens is 394 g/mol. The summed E-state index contributed by atoms with van der Waals surface area (Å²) in [4.78, 5) is 3.37. The van der Waals surface area contributed by atoms with Crippen molar-refractivity contribution in [3.05, 3.63) is 76.5 Å². The third kappa shape index (κ3) is 3.80. The molecule has 28 heavy (non-hydrogen) atoms. The van der Waals surface area contributed by atoms with Gasteiger partial charge in [0.15, 0.2) is 0 Å². The Balaban J connectivity index is 1.66. The molecule has 0 bridgehead atoms. The smallest absolute Gasteiger partial charge is 0.239 e. The molecule has 9 heteroatoms. The number of nitrogens with one attached hydrogen (secondary N) is 1. The van der Waals surface area contributed by atoms with Crippen LogP contribution in [0.15, 0.2) is 76.0 Å². The Morgan fingerprint density at radius 3 is 2.64 bits per heavy atom. The Kier molecular flexibility index (Phi) is 4.93. The van der Waals surface area contributed by atoms with E-state index in [-0.39, 0.29) is 11.4 Å². The zero-order chi connectivity index (χ0) is 19.6. The third-order valence-electron chi connectivity index (χ3n) is 4.16. The molecule has 7 nitrogen and oxygen atoms in total. The van der Waals surface area contributed by atoms with Gasteiger partial charge in [0.1, 0.15) is 11.2 Å². The molecule has 0 radical (unpaired) electrons. The van der Waals surface area contributed by atoms with Crippen molar-refractivity contribution in [3.63, 3.8) is 0 Å². The van der Waals surface area contributed by atoms with E-state index in [4.69, 9.17) is 0 Å². The van der Waals surface area contributed by atoms with Crippen molar-refractivity contribution in [2.45, 2.75) is 18.4 Å². The van der Waals surface area contributed by atoms with Crippen LogP contribution in [0.25, 0.3) is 11.0 Å². The summed E-state index contributed by atoms with van der Waals surface area (Å²) < 4.78 is 26.9.